The van der Waals surface area contributed by atoms with Crippen molar-refractivity contribution in [2.24, 2.45) is 0 Å². The lowest BCUT2D eigenvalue weighted by Gasteiger charge is -2.17. The summed E-state index contributed by atoms with van der Waals surface area (Å²) >= 11 is 6.08. The molecule has 1 atom stereocenters. The lowest BCUT2D eigenvalue weighted by Crippen LogP contribution is -2.28. The van der Waals surface area contributed by atoms with Crippen molar-refractivity contribution in [2.75, 3.05) is 0 Å². The Balaban J connectivity index is 1.90. The zero-order chi connectivity index (χ0) is 22.4. The highest BCUT2D eigenvalue weighted by molar-refractivity contribution is 6.30. The van der Waals surface area contributed by atoms with Crippen LogP contribution in [0.2, 0.25) is 5.02 Å². The molecule has 0 fully saturated rings. The van der Waals surface area contributed by atoms with E-state index in [1.54, 1.807) is 0 Å². The molecule has 5 rings (SSSR count). The summed E-state index contributed by atoms with van der Waals surface area (Å²) in [6.45, 7) is 6.69. The summed E-state index contributed by atoms with van der Waals surface area (Å²) in [4.78, 5) is 28.6. The van der Waals surface area contributed by atoms with Gasteiger partial charge in [0.2, 0.25) is 0 Å². The van der Waals surface area contributed by atoms with Crippen LogP contribution in [-0.2, 0) is 13.0 Å². The van der Waals surface area contributed by atoms with Crippen LogP contribution in [0.5, 0.6) is 0 Å². The molecule has 0 radical (unpaired) electrons. The predicted octanol–water partition coefficient (Wildman–Crippen LogP) is 5.53. The van der Waals surface area contributed by atoms with Crippen molar-refractivity contribution in [1.29, 1.82) is 0 Å². The van der Waals surface area contributed by atoms with E-state index in [0.29, 0.717) is 40.2 Å². The molecular weight excluding hydrogens is 422 g/mol. The average molecular weight is 446 g/mol. The van der Waals surface area contributed by atoms with Crippen molar-refractivity contribution in [3.63, 3.8) is 0 Å². The van der Waals surface area contributed by atoms with Gasteiger partial charge in [-0.15, -0.1) is 0 Å². The van der Waals surface area contributed by atoms with Gasteiger partial charge in [-0.25, -0.2) is 15.0 Å². The Kier molecular flexibility index (Phi) is 5.18. The van der Waals surface area contributed by atoms with Crippen LogP contribution in [0.4, 0.5) is 0 Å². The van der Waals surface area contributed by atoms with E-state index >= 15 is 0 Å². The molecule has 162 valence electrons. The molecule has 0 saturated heterocycles. The molecule has 32 heavy (non-hydrogen) atoms. The van der Waals surface area contributed by atoms with Gasteiger partial charge in [-0.05, 0) is 43.2 Å². The van der Waals surface area contributed by atoms with Gasteiger partial charge < -0.3 is 4.57 Å². The molecule has 3 heterocycles. The van der Waals surface area contributed by atoms with Gasteiger partial charge in [0.15, 0.2) is 11.3 Å². The van der Waals surface area contributed by atoms with Gasteiger partial charge >= 0.3 is 0 Å². The highest BCUT2D eigenvalue weighted by Crippen LogP contribution is 2.27. The molecule has 0 aliphatic heterocycles. The summed E-state index contributed by atoms with van der Waals surface area (Å²) in [7, 11) is 0. The third-order valence-corrected chi connectivity index (χ3v) is 6.32. The number of para-hydroxylation sites is 2. The van der Waals surface area contributed by atoms with E-state index < -0.39 is 0 Å². The number of hydrogen-bond donors (Lipinski definition) is 0. The highest BCUT2D eigenvalue weighted by Gasteiger charge is 2.23. The van der Waals surface area contributed by atoms with Gasteiger partial charge in [0.05, 0.1) is 17.6 Å². The van der Waals surface area contributed by atoms with E-state index in [-0.39, 0.29) is 11.6 Å². The normalized spacial score (nSPS) is 12.8. The number of halogens is 1. The molecule has 0 saturated carbocycles. The van der Waals surface area contributed by atoms with Gasteiger partial charge in [-0.2, -0.15) is 0 Å². The fraction of sp³-hybridized carbons (Fsp3) is 0.280. The van der Waals surface area contributed by atoms with Crippen molar-refractivity contribution in [1.82, 2.24) is 24.1 Å². The van der Waals surface area contributed by atoms with Crippen molar-refractivity contribution in [3.05, 3.63) is 75.3 Å². The minimum Gasteiger partial charge on any atom is -0.304 e. The highest BCUT2D eigenvalue weighted by atomic mass is 35.5. The molecule has 0 amide bonds. The van der Waals surface area contributed by atoms with Gasteiger partial charge in [0.25, 0.3) is 5.56 Å². The van der Waals surface area contributed by atoms with Gasteiger partial charge in [0, 0.05) is 17.5 Å². The van der Waals surface area contributed by atoms with Gasteiger partial charge in [-0.3, -0.25) is 9.36 Å². The fourth-order valence-electron chi connectivity index (χ4n) is 4.22. The fourth-order valence-corrected chi connectivity index (χ4v) is 4.35. The Morgan fingerprint density at radius 2 is 1.62 bits per heavy atom. The molecule has 0 N–H and O–H groups in total. The van der Waals surface area contributed by atoms with Crippen molar-refractivity contribution < 1.29 is 0 Å². The summed E-state index contributed by atoms with van der Waals surface area (Å²) in [6, 6.07) is 15.5. The number of aryl methyl sites for hydroxylation is 1. The van der Waals surface area contributed by atoms with E-state index in [1.165, 1.54) is 0 Å². The van der Waals surface area contributed by atoms with Crippen molar-refractivity contribution in [3.8, 4) is 0 Å². The third-order valence-electron chi connectivity index (χ3n) is 6.07. The van der Waals surface area contributed by atoms with E-state index in [0.717, 1.165) is 28.8 Å². The van der Waals surface area contributed by atoms with E-state index in [1.807, 2.05) is 64.6 Å². The number of aromatic nitrogens is 5. The number of rotatable bonds is 5. The number of benzene rings is 2. The first-order valence-corrected chi connectivity index (χ1v) is 11.3. The number of hydrogen-bond acceptors (Lipinski definition) is 4. The van der Waals surface area contributed by atoms with Crippen LogP contribution in [0.15, 0.2) is 53.3 Å². The Labute approximate surface area is 190 Å². The van der Waals surface area contributed by atoms with Crippen molar-refractivity contribution in [2.45, 2.75) is 46.2 Å². The first kappa shape index (κ1) is 20.6. The Morgan fingerprint density at radius 1 is 0.938 bits per heavy atom. The van der Waals surface area contributed by atoms with E-state index in [2.05, 4.69) is 13.8 Å². The topological polar surface area (TPSA) is 65.6 Å². The van der Waals surface area contributed by atoms with E-state index in [9.17, 15) is 4.79 Å². The molecule has 0 bridgehead atoms. The SMILES string of the molecule is CCc1nc2c(c(=O)n1[C@H](C)CC)c1nc3ccccc3nc1n2Cc1ccc(Cl)cc1. The lowest BCUT2D eigenvalue weighted by atomic mass is 10.2. The molecule has 0 spiro atoms. The second-order valence-electron chi connectivity index (χ2n) is 8.11. The molecular formula is C25H24ClN5O. The molecule has 3 aromatic heterocycles. The summed E-state index contributed by atoms with van der Waals surface area (Å²) < 4.78 is 3.83. The lowest BCUT2D eigenvalue weighted by molar-refractivity contribution is 0.488. The minimum absolute atomic E-state index is 0.0503. The summed E-state index contributed by atoms with van der Waals surface area (Å²) in [5.41, 5.74) is 4.45. The zero-order valence-electron chi connectivity index (χ0n) is 18.3. The number of fused-ring (bicyclic) bond motifs is 4. The molecule has 6 nitrogen and oxygen atoms in total. The van der Waals surface area contributed by atoms with Gasteiger partial charge in [0.1, 0.15) is 16.7 Å². The monoisotopic (exact) mass is 445 g/mol. The third kappa shape index (κ3) is 3.26. The van der Waals surface area contributed by atoms with E-state index in [4.69, 9.17) is 26.6 Å². The van der Waals surface area contributed by atoms with Crippen LogP contribution in [0.25, 0.3) is 33.2 Å². The predicted molar refractivity (Wildman–Crippen MR) is 130 cm³/mol. The summed E-state index contributed by atoms with van der Waals surface area (Å²) in [5.74, 6) is 0.779. The molecule has 5 aromatic rings. The molecule has 2 aromatic carbocycles. The average Bonchev–Trinajstić information content (AvgIpc) is 3.10. The maximum atomic E-state index is 13.8. The minimum atomic E-state index is -0.0503. The first-order chi connectivity index (χ1) is 15.5. The second-order valence-corrected chi connectivity index (χ2v) is 8.55. The molecule has 0 unspecified atom stereocenters. The van der Waals surface area contributed by atoms with Crippen molar-refractivity contribution >= 4 is 44.8 Å². The smallest absolute Gasteiger partial charge is 0.265 e. The van der Waals surface area contributed by atoms with Gasteiger partial charge in [-0.1, -0.05) is 49.7 Å². The van der Waals surface area contributed by atoms with Crippen LogP contribution < -0.4 is 5.56 Å². The number of nitrogens with zero attached hydrogens (tertiary/aromatic N) is 5. The molecule has 0 aliphatic rings. The maximum Gasteiger partial charge on any atom is 0.265 e. The summed E-state index contributed by atoms with van der Waals surface area (Å²) in [5, 5.41) is 1.22. The quantitative estimate of drug-likeness (QED) is 0.356. The molecule has 7 heteroatoms. The zero-order valence-corrected chi connectivity index (χ0v) is 19.1. The molecule has 0 aliphatic carbocycles. The van der Waals surface area contributed by atoms with Crippen LogP contribution in [0.1, 0.15) is 44.6 Å². The standard InChI is InChI=1S/C25H24ClN5O/c1-4-15(3)31-20(5-2)29-23-21(25(31)32)22-24(28-19-9-7-6-8-18(19)27-22)30(23)14-16-10-12-17(26)13-11-16/h6-13,15H,4-5,14H2,1-3H3/t15-/m1/s1. The van der Waals surface area contributed by atoms with Crippen LogP contribution in [0, 0.1) is 0 Å². The largest absolute Gasteiger partial charge is 0.304 e. The van der Waals surface area contributed by atoms with Crippen LogP contribution in [-0.4, -0.2) is 24.1 Å². The second kappa shape index (κ2) is 8.02. The first-order valence-electron chi connectivity index (χ1n) is 11.0. The Morgan fingerprint density at radius 3 is 2.28 bits per heavy atom. The van der Waals surface area contributed by atoms with Crippen LogP contribution >= 0.6 is 11.6 Å². The van der Waals surface area contributed by atoms with Crippen LogP contribution in [0.3, 0.4) is 0 Å². The Hall–Kier alpha value is -3.25. The Bertz CT molecular complexity index is 1520. The maximum absolute atomic E-state index is 13.8. The summed E-state index contributed by atoms with van der Waals surface area (Å²) in [6.07, 6.45) is 1.51.